The second kappa shape index (κ2) is 7.90. The minimum atomic E-state index is 0. The molecule has 0 saturated carbocycles. The highest BCUT2D eigenvalue weighted by Gasteiger charge is 2.14. The third kappa shape index (κ3) is 3.46. The maximum Gasteiger partial charge on any atom is 0.0303 e. The average Bonchev–Trinajstić information content (AvgIpc) is 2.67. The molecule has 132 valence electrons. The van der Waals surface area contributed by atoms with Crippen molar-refractivity contribution in [2.75, 3.05) is 0 Å². The van der Waals surface area contributed by atoms with Crippen molar-refractivity contribution in [2.45, 2.75) is 25.9 Å². The summed E-state index contributed by atoms with van der Waals surface area (Å²) in [6, 6.07) is 30.9. The summed E-state index contributed by atoms with van der Waals surface area (Å²) in [5, 5.41) is 9.05. The molecular formula is C24H24ClN. The number of fused-ring (bicyclic) bond motifs is 2. The monoisotopic (exact) mass is 361 g/mol. The minimum Gasteiger partial charge on any atom is -0.304 e. The van der Waals surface area contributed by atoms with Crippen LogP contribution in [0.2, 0.25) is 0 Å². The molecule has 0 heterocycles. The summed E-state index contributed by atoms with van der Waals surface area (Å²) < 4.78 is 0. The Balaban J connectivity index is 0.00000196. The van der Waals surface area contributed by atoms with Gasteiger partial charge in [0, 0.05) is 12.1 Å². The summed E-state index contributed by atoms with van der Waals surface area (Å²) in [5.41, 5.74) is 2.70. The third-order valence-electron chi connectivity index (χ3n) is 5.08. The Hall–Kier alpha value is -2.35. The topological polar surface area (TPSA) is 12.0 Å². The summed E-state index contributed by atoms with van der Waals surface area (Å²) in [4.78, 5) is 0. The van der Waals surface area contributed by atoms with Crippen molar-refractivity contribution in [3.8, 4) is 0 Å². The van der Waals surface area contributed by atoms with Crippen LogP contribution in [0.5, 0.6) is 0 Å². The molecule has 26 heavy (non-hydrogen) atoms. The lowest BCUT2D eigenvalue weighted by Gasteiger charge is -2.23. The summed E-state index contributed by atoms with van der Waals surface area (Å²) in [7, 11) is 0. The van der Waals surface area contributed by atoms with E-state index in [1.165, 1.54) is 32.7 Å². The number of hydrogen-bond acceptors (Lipinski definition) is 1. The van der Waals surface area contributed by atoms with Gasteiger partial charge in [0.1, 0.15) is 0 Å². The van der Waals surface area contributed by atoms with Crippen LogP contribution < -0.4 is 5.32 Å². The van der Waals surface area contributed by atoms with Gasteiger partial charge in [-0.1, -0.05) is 84.9 Å². The molecule has 0 aromatic heterocycles. The van der Waals surface area contributed by atoms with E-state index in [1.807, 2.05) is 0 Å². The van der Waals surface area contributed by atoms with E-state index in [9.17, 15) is 0 Å². The van der Waals surface area contributed by atoms with Crippen LogP contribution in [0.1, 0.15) is 37.1 Å². The predicted octanol–water partition coefficient (Wildman–Crippen LogP) is 6.83. The van der Waals surface area contributed by atoms with E-state index < -0.39 is 0 Å². The Morgan fingerprint density at radius 1 is 0.538 bits per heavy atom. The van der Waals surface area contributed by atoms with E-state index >= 15 is 0 Å². The molecule has 0 saturated heterocycles. The first-order valence-corrected chi connectivity index (χ1v) is 8.95. The zero-order valence-corrected chi connectivity index (χ0v) is 16.0. The average molecular weight is 362 g/mol. The molecule has 0 aliphatic heterocycles. The molecule has 2 heteroatoms. The van der Waals surface area contributed by atoms with Gasteiger partial charge in [0.25, 0.3) is 0 Å². The fourth-order valence-corrected chi connectivity index (χ4v) is 3.81. The first kappa shape index (κ1) is 18.4. The van der Waals surface area contributed by atoms with Crippen LogP contribution in [0.3, 0.4) is 0 Å². The number of hydrogen-bond donors (Lipinski definition) is 1. The normalized spacial score (nSPS) is 13.3. The SMILES string of the molecule is CC(N[C@H](C)c1cccc2ccccc12)c1cccc2ccccc12.Cl. The summed E-state index contributed by atoms with van der Waals surface area (Å²) >= 11 is 0. The Kier molecular flexibility index (Phi) is 5.61. The lowest BCUT2D eigenvalue weighted by molar-refractivity contribution is 0.499. The van der Waals surface area contributed by atoms with Crippen LogP contribution in [0, 0.1) is 0 Å². The Labute approximate surface area is 161 Å². The summed E-state index contributed by atoms with van der Waals surface area (Å²) in [6.45, 7) is 4.51. The number of halogens is 1. The van der Waals surface area contributed by atoms with Gasteiger partial charge in [0.2, 0.25) is 0 Å². The fraction of sp³-hybridized carbons (Fsp3) is 0.167. The van der Waals surface area contributed by atoms with Crippen molar-refractivity contribution in [1.29, 1.82) is 0 Å². The molecule has 0 aliphatic carbocycles. The van der Waals surface area contributed by atoms with Crippen LogP contribution in [-0.4, -0.2) is 0 Å². The number of nitrogens with one attached hydrogen (secondary N) is 1. The molecule has 4 aromatic carbocycles. The zero-order valence-electron chi connectivity index (χ0n) is 15.1. The largest absolute Gasteiger partial charge is 0.304 e. The molecule has 2 atom stereocenters. The molecule has 0 spiro atoms. The third-order valence-corrected chi connectivity index (χ3v) is 5.08. The highest BCUT2D eigenvalue weighted by Crippen LogP contribution is 2.29. The minimum absolute atomic E-state index is 0. The predicted molar refractivity (Wildman–Crippen MR) is 115 cm³/mol. The zero-order chi connectivity index (χ0) is 17.2. The van der Waals surface area contributed by atoms with E-state index in [2.05, 4.69) is 104 Å². The van der Waals surface area contributed by atoms with Crippen molar-refractivity contribution < 1.29 is 0 Å². The van der Waals surface area contributed by atoms with E-state index in [4.69, 9.17) is 0 Å². The molecule has 4 aromatic rings. The second-order valence-corrected chi connectivity index (χ2v) is 6.75. The highest BCUT2D eigenvalue weighted by molar-refractivity contribution is 5.87. The standard InChI is InChI=1S/C24H23N.ClH/c1-17(21-15-7-11-19-9-3-5-13-23(19)21)25-18(2)22-16-8-12-20-10-4-6-14-24(20)22;/h3-18,25H,1-2H3;1H/t17-,18?;/m1./s1. The first-order chi connectivity index (χ1) is 12.2. The molecule has 1 nitrogen and oxygen atoms in total. The van der Waals surface area contributed by atoms with Crippen molar-refractivity contribution in [2.24, 2.45) is 0 Å². The van der Waals surface area contributed by atoms with E-state index in [0.717, 1.165) is 0 Å². The number of benzene rings is 4. The molecule has 1 N–H and O–H groups in total. The Morgan fingerprint density at radius 3 is 1.38 bits per heavy atom. The molecular weight excluding hydrogens is 338 g/mol. The van der Waals surface area contributed by atoms with Gasteiger partial charge in [-0.3, -0.25) is 0 Å². The number of rotatable bonds is 4. The van der Waals surface area contributed by atoms with Crippen molar-refractivity contribution in [1.82, 2.24) is 5.32 Å². The van der Waals surface area contributed by atoms with E-state index in [0.29, 0.717) is 0 Å². The highest BCUT2D eigenvalue weighted by atomic mass is 35.5. The van der Waals surface area contributed by atoms with E-state index in [1.54, 1.807) is 0 Å². The van der Waals surface area contributed by atoms with Gasteiger partial charge in [0.05, 0.1) is 0 Å². The van der Waals surface area contributed by atoms with Crippen LogP contribution in [0.4, 0.5) is 0 Å². The smallest absolute Gasteiger partial charge is 0.0303 e. The van der Waals surface area contributed by atoms with Gasteiger partial charge in [-0.15, -0.1) is 12.4 Å². The van der Waals surface area contributed by atoms with Gasteiger partial charge in [-0.25, -0.2) is 0 Å². The molecule has 0 aliphatic rings. The van der Waals surface area contributed by atoms with Crippen molar-refractivity contribution in [3.63, 3.8) is 0 Å². The maximum atomic E-state index is 3.80. The molecule has 1 unspecified atom stereocenters. The fourth-order valence-electron chi connectivity index (χ4n) is 3.81. The van der Waals surface area contributed by atoms with Crippen molar-refractivity contribution >= 4 is 34.0 Å². The molecule has 0 fully saturated rings. The van der Waals surface area contributed by atoms with Crippen LogP contribution in [0.25, 0.3) is 21.5 Å². The van der Waals surface area contributed by atoms with Gasteiger partial charge >= 0.3 is 0 Å². The maximum absolute atomic E-state index is 3.80. The van der Waals surface area contributed by atoms with E-state index in [-0.39, 0.29) is 24.5 Å². The quantitative estimate of drug-likeness (QED) is 0.420. The Bertz CT molecular complexity index is 931. The van der Waals surface area contributed by atoms with Gasteiger partial charge in [0.15, 0.2) is 0 Å². The van der Waals surface area contributed by atoms with Crippen LogP contribution in [0.15, 0.2) is 84.9 Å². The van der Waals surface area contributed by atoms with Gasteiger partial charge < -0.3 is 5.32 Å². The molecule has 0 bridgehead atoms. The van der Waals surface area contributed by atoms with Crippen LogP contribution in [-0.2, 0) is 0 Å². The summed E-state index contributed by atoms with van der Waals surface area (Å²) in [6.07, 6.45) is 0. The van der Waals surface area contributed by atoms with Gasteiger partial charge in [-0.05, 0) is 46.5 Å². The molecule has 0 radical (unpaired) electrons. The molecule has 4 rings (SSSR count). The van der Waals surface area contributed by atoms with Crippen molar-refractivity contribution in [3.05, 3.63) is 96.1 Å². The first-order valence-electron chi connectivity index (χ1n) is 8.95. The molecule has 0 amide bonds. The summed E-state index contributed by atoms with van der Waals surface area (Å²) in [5.74, 6) is 0. The second-order valence-electron chi connectivity index (χ2n) is 6.75. The van der Waals surface area contributed by atoms with Gasteiger partial charge in [-0.2, -0.15) is 0 Å². The lowest BCUT2D eigenvalue weighted by atomic mass is 9.96. The Morgan fingerprint density at radius 2 is 0.923 bits per heavy atom. The lowest BCUT2D eigenvalue weighted by Crippen LogP contribution is -2.22. The van der Waals surface area contributed by atoms with Crippen LogP contribution >= 0.6 is 12.4 Å².